The fourth-order valence-corrected chi connectivity index (χ4v) is 6.54. The monoisotopic (exact) mass is 543 g/mol. The zero-order valence-corrected chi connectivity index (χ0v) is 21.9. The molecular formula is C30H26ClN3O5. The number of nitrogens with zero attached hydrogens (tertiary/aromatic N) is 2. The first kappa shape index (κ1) is 25.3. The Labute approximate surface area is 230 Å². The smallest absolute Gasteiger partial charge is 0.326 e. The first-order valence-corrected chi connectivity index (χ1v) is 13.3. The second kappa shape index (κ2) is 9.63. The summed E-state index contributed by atoms with van der Waals surface area (Å²) in [4.78, 5) is 57.6. The molecule has 4 atom stereocenters. The average molecular weight is 544 g/mol. The minimum atomic E-state index is -1.52. The molecule has 2 fully saturated rings. The molecule has 3 aromatic carbocycles. The first-order chi connectivity index (χ1) is 18.9. The third-order valence-corrected chi connectivity index (χ3v) is 8.06. The molecule has 0 unspecified atom stereocenters. The van der Waals surface area contributed by atoms with Crippen molar-refractivity contribution in [1.29, 1.82) is 0 Å². The molecule has 6 rings (SSSR count). The molecule has 0 saturated carbocycles. The van der Waals surface area contributed by atoms with Crippen LogP contribution in [-0.2, 0) is 35.9 Å². The standard InChI is InChI=1S/C30H26ClN3O5/c1-2-39-24(35)17-33-23-14-7-6-13-21(23)30(29(33)38)26-25(22(32-30)15-18-9-4-3-5-10-18)27(36)34(28(26)37)20-12-8-11-19(31)16-20/h3-14,16,22,25-26,32H,2,15,17H2,1H3/t22-,25+,26+,30-/m0/s1. The lowest BCUT2D eigenvalue weighted by atomic mass is 9.76. The number of amides is 3. The van der Waals surface area contributed by atoms with Gasteiger partial charge >= 0.3 is 5.97 Å². The van der Waals surface area contributed by atoms with Gasteiger partial charge in [0.2, 0.25) is 11.8 Å². The SMILES string of the molecule is CCOC(=O)CN1C(=O)[C@]2(N[C@@H](Cc3ccccc3)[C@H]3C(=O)N(c4cccc(Cl)c4)C(=O)[C@@H]32)c2ccccc21. The maximum absolute atomic E-state index is 14.4. The fourth-order valence-electron chi connectivity index (χ4n) is 6.35. The number of para-hydroxylation sites is 1. The van der Waals surface area contributed by atoms with Crippen molar-refractivity contribution in [2.75, 3.05) is 23.0 Å². The summed E-state index contributed by atoms with van der Waals surface area (Å²) in [6.45, 7) is 1.58. The molecule has 0 aromatic heterocycles. The highest BCUT2D eigenvalue weighted by Crippen LogP contribution is 2.55. The molecule has 3 heterocycles. The van der Waals surface area contributed by atoms with E-state index in [2.05, 4.69) is 5.32 Å². The van der Waals surface area contributed by atoms with Crippen molar-refractivity contribution in [2.45, 2.75) is 24.9 Å². The van der Waals surface area contributed by atoms with E-state index in [0.29, 0.717) is 28.4 Å². The summed E-state index contributed by atoms with van der Waals surface area (Å²) in [5.41, 5.74) is 0.896. The second-order valence-corrected chi connectivity index (χ2v) is 10.4. The number of benzene rings is 3. The van der Waals surface area contributed by atoms with E-state index < -0.39 is 41.2 Å². The van der Waals surface area contributed by atoms with Crippen molar-refractivity contribution < 1.29 is 23.9 Å². The van der Waals surface area contributed by atoms with Gasteiger partial charge in [-0.25, -0.2) is 4.90 Å². The third-order valence-electron chi connectivity index (χ3n) is 7.82. The lowest BCUT2D eigenvalue weighted by Crippen LogP contribution is -2.56. The van der Waals surface area contributed by atoms with Crippen LogP contribution in [-0.4, -0.2) is 42.9 Å². The van der Waals surface area contributed by atoms with Crippen LogP contribution >= 0.6 is 11.6 Å². The van der Waals surface area contributed by atoms with Crippen LogP contribution < -0.4 is 15.1 Å². The molecule has 3 aliphatic rings. The van der Waals surface area contributed by atoms with Gasteiger partial charge in [-0.1, -0.05) is 66.2 Å². The van der Waals surface area contributed by atoms with Crippen LogP contribution in [0.4, 0.5) is 11.4 Å². The normalized spacial score (nSPS) is 25.4. The summed E-state index contributed by atoms with van der Waals surface area (Å²) in [7, 11) is 0. The third kappa shape index (κ3) is 3.85. The molecule has 3 aromatic rings. The second-order valence-electron chi connectivity index (χ2n) is 9.96. The molecule has 8 nitrogen and oxygen atoms in total. The molecule has 2 saturated heterocycles. The van der Waals surface area contributed by atoms with Crippen LogP contribution in [0.1, 0.15) is 18.1 Å². The van der Waals surface area contributed by atoms with E-state index in [0.717, 1.165) is 10.5 Å². The Morgan fingerprint density at radius 3 is 2.46 bits per heavy atom. The molecule has 3 aliphatic heterocycles. The van der Waals surface area contributed by atoms with Gasteiger partial charge in [-0.3, -0.25) is 29.4 Å². The van der Waals surface area contributed by atoms with E-state index >= 15 is 0 Å². The lowest BCUT2D eigenvalue weighted by molar-refractivity contribution is -0.142. The van der Waals surface area contributed by atoms with Crippen molar-refractivity contribution in [3.63, 3.8) is 0 Å². The Hall–Kier alpha value is -4.01. The number of carbonyl (C=O) groups excluding carboxylic acids is 4. The van der Waals surface area contributed by atoms with E-state index in [1.165, 1.54) is 4.90 Å². The number of hydrogen-bond donors (Lipinski definition) is 1. The Kier molecular flexibility index (Phi) is 6.24. The number of fused-ring (bicyclic) bond motifs is 4. The summed E-state index contributed by atoms with van der Waals surface area (Å²) >= 11 is 6.21. The van der Waals surface area contributed by atoms with E-state index in [1.807, 2.05) is 30.3 Å². The van der Waals surface area contributed by atoms with Crippen LogP contribution in [0.2, 0.25) is 5.02 Å². The van der Waals surface area contributed by atoms with Crippen LogP contribution in [0, 0.1) is 11.8 Å². The molecule has 1 spiro atoms. The Morgan fingerprint density at radius 2 is 1.72 bits per heavy atom. The van der Waals surface area contributed by atoms with Crippen LogP contribution in [0.3, 0.4) is 0 Å². The van der Waals surface area contributed by atoms with Crippen molar-refractivity contribution in [3.8, 4) is 0 Å². The molecule has 0 aliphatic carbocycles. The summed E-state index contributed by atoms with van der Waals surface area (Å²) < 4.78 is 5.13. The van der Waals surface area contributed by atoms with Gasteiger partial charge in [-0.05, 0) is 43.2 Å². The largest absolute Gasteiger partial charge is 0.465 e. The maximum atomic E-state index is 14.4. The van der Waals surface area contributed by atoms with Gasteiger partial charge in [0.25, 0.3) is 5.91 Å². The summed E-state index contributed by atoms with van der Waals surface area (Å²) in [5.74, 6) is -3.68. The van der Waals surface area contributed by atoms with Crippen molar-refractivity contribution in [1.82, 2.24) is 5.32 Å². The number of imide groups is 1. The fraction of sp³-hybridized carbons (Fsp3) is 0.267. The average Bonchev–Trinajstić information content (AvgIpc) is 3.48. The van der Waals surface area contributed by atoms with E-state index in [9.17, 15) is 19.2 Å². The zero-order valence-electron chi connectivity index (χ0n) is 21.2. The quantitative estimate of drug-likeness (QED) is 0.378. The van der Waals surface area contributed by atoms with Gasteiger partial charge in [0.05, 0.1) is 24.1 Å². The minimum absolute atomic E-state index is 0.178. The van der Waals surface area contributed by atoms with Crippen LogP contribution in [0.5, 0.6) is 0 Å². The number of anilines is 2. The number of nitrogens with one attached hydrogen (secondary N) is 1. The van der Waals surface area contributed by atoms with Gasteiger partial charge in [-0.2, -0.15) is 0 Å². The van der Waals surface area contributed by atoms with Crippen molar-refractivity contribution >= 4 is 46.7 Å². The van der Waals surface area contributed by atoms with Gasteiger partial charge < -0.3 is 4.74 Å². The Bertz CT molecular complexity index is 1490. The van der Waals surface area contributed by atoms with Crippen molar-refractivity contribution in [3.05, 3.63) is 95.0 Å². The van der Waals surface area contributed by atoms with Gasteiger partial charge in [0, 0.05) is 22.3 Å². The highest BCUT2D eigenvalue weighted by atomic mass is 35.5. The number of carbonyl (C=O) groups is 4. The summed E-state index contributed by atoms with van der Waals surface area (Å²) in [6.07, 6.45) is 0.430. The molecule has 0 bridgehead atoms. The molecule has 3 amide bonds. The van der Waals surface area contributed by atoms with Gasteiger partial charge in [0.1, 0.15) is 12.1 Å². The predicted molar refractivity (Wildman–Crippen MR) is 145 cm³/mol. The summed E-state index contributed by atoms with van der Waals surface area (Å²) in [6, 6.07) is 22.8. The number of esters is 1. The van der Waals surface area contributed by atoms with Crippen LogP contribution in [0.25, 0.3) is 0 Å². The number of hydrogen-bond acceptors (Lipinski definition) is 6. The molecular weight excluding hydrogens is 518 g/mol. The Balaban J connectivity index is 1.49. The number of ether oxygens (including phenoxy) is 1. The minimum Gasteiger partial charge on any atom is -0.465 e. The van der Waals surface area contributed by atoms with E-state index in [1.54, 1.807) is 55.5 Å². The molecule has 1 N–H and O–H groups in total. The predicted octanol–water partition coefficient (Wildman–Crippen LogP) is 3.47. The first-order valence-electron chi connectivity index (χ1n) is 12.9. The van der Waals surface area contributed by atoms with E-state index in [4.69, 9.17) is 16.3 Å². The highest BCUT2D eigenvalue weighted by Gasteiger charge is 2.71. The summed E-state index contributed by atoms with van der Waals surface area (Å²) in [5, 5.41) is 3.86. The topological polar surface area (TPSA) is 96.0 Å². The maximum Gasteiger partial charge on any atom is 0.326 e. The highest BCUT2D eigenvalue weighted by molar-refractivity contribution is 6.31. The molecule has 198 valence electrons. The van der Waals surface area contributed by atoms with Crippen LogP contribution in [0.15, 0.2) is 78.9 Å². The molecule has 9 heteroatoms. The zero-order chi connectivity index (χ0) is 27.3. The van der Waals surface area contributed by atoms with Crippen molar-refractivity contribution in [2.24, 2.45) is 11.8 Å². The number of rotatable bonds is 6. The Morgan fingerprint density at radius 1 is 0.974 bits per heavy atom. The molecule has 0 radical (unpaired) electrons. The molecule has 39 heavy (non-hydrogen) atoms. The van der Waals surface area contributed by atoms with Gasteiger partial charge in [-0.15, -0.1) is 0 Å². The van der Waals surface area contributed by atoms with Gasteiger partial charge in [0.15, 0.2) is 0 Å². The lowest BCUT2D eigenvalue weighted by Gasteiger charge is -2.30. The van der Waals surface area contributed by atoms with E-state index in [-0.39, 0.29) is 19.1 Å². The number of halogens is 1.